The number of allylic oxidation sites excluding steroid dienone is 4. The van der Waals surface area contributed by atoms with Gasteiger partial charge in [0, 0.05) is 0 Å². The summed E-state index contributed by atoms with van der Waals surface area (Å²) in [6, 6.07) is 83.6. The third-order valence-electron chi connectivity index (χ3n) is 27.4. The topological polar surface area (TPSA) is 52.6 Å². The Morgan fingerprint density at radius 2 is 0.467 bits per heavy atom. The van der Waals surface area contributed by atoms with Gasteiger partial charge in [-0.25, -0.2) is 0 Å². The van der Waals surface area contributed by atoms with Crippen LogP contribution >= 0.6 is 17.2 Å². The van der Waals surface area contributed by atoms with Gasteiger partial charge in [0.1, 0.15) is 0 Å². The van der Waals surface area contributed by atoms with Crippen molar-refractivity contribution in [3.63, 3.8) is 0 Å². The Hall–Kier alpha value is -8.28. The number of hydrogen-bond acceptors (Lipinski definition) is 4. The van der Waals surface area contributed by atoms with Gasteiger partial charge in [0.2, 0.25) is 0 Å². The molecular formula is C98H96Cl2HfO4Si2. The monoisotopic (exact) mass is 1640 g/mol. The summed E-state index contributed by atoms with van der Waals surface area (Å²) in [5, 5.41) is 0. The second kappa shape index (κ2) is 22.7. The van der Waals surface area contributed by atoms with Crippen LogP contribution in [0.15, 0.2) is 236 Å². The summed E-state index contributed by atoms with van der Waals surface area (Å²) in [5.74, 6) is 6.37. The molecule has 4 aromatic heterocycles. The molecule has 4 unspecified atom stereocenters. The number of halogens is 2. The Morgan fingerprint density at radius 3 is 0.636 bits per heavy atom. The second-order valence-corrected chi connectivity index (χ2v) is 90.9. The van der Waals surface area contributed by atoms with Crippen LogP contribution in [-0.2, 0) is 47.5 Å². The predicted octanol–water partition coefficient (Wildman–Crippen LogP) is 26.7. The zero-order chi connectivity index (χ0) is 75.2. The SMILES string of the molecule is Cc1ccc(C2=Cc3c(-c4ccc(C(C)(C)C)cc4)cccc3[C]23[SiH](C)[C]2(C(c4ccc(C)o4)=Cc4c(-c5ccc(C(C)(C)C)cc5)cccc42)[Hf]32([Cl])([Cl])[C]3(C(c4ccc(C)o4)=Cc4c(-c5ccc(C(C)(C)C)cc5)cccc43)[SiH](C)[C]23C(c2ccc(C)o2)=Cc2c(-c4ccc(C(C)(C)C)cc4)cccc23)o1. The number of fused-ring (bicyclic) bond motifs is 12. The quantitative estimate of drug-likeness (QED) is 0.142. The number of aryl methyl sites for hydroxylation is 4. The van der Waals surface area contributed by atoms with E-state index in [1.54, 1.807) is 0 Å². The van der Waals surface area contributed by atoms with Crippen molar-refractivity contribution in [2.24, 2.45) is 0 Å². The van der Waals surface area contributed by atoms with Crippen molar-refractivity contribution < 1.29 is 32.3 Å². The third-order valence-corrected chi connectivity index (χ3v) is 142. The van der Waals surface area contributed by atoms with E-state index in [1.165, 1.54) is 44.5 Å². The number of hydrogen-bond donors (Lipinski definition) is 0. The molecule has 4 aliphatic carbocycles. The molecule has 0 amide bonds. The molecule has 9 heteroatoms. The van der Waals surface area contributed by atoms with E-state index in [9.17, 15) is 17.2 Å². The van der Waals surface area contributed by atoms with Crippen molar-refractivity contribution in [3.05, 3.63) is 331 Å². The summed E-state index contributed by atoms with van der Waals surface area (Å²) in [5.41, 5.74) is 27.2. The van der Waals surface area contributed by atoms with E-state index >= 15 is 0 Å². The molecule has 2 saturated heterocycles. The van der Waals surface area contributed by atoms with Crippen LogP contribution in [0.3, 0.4) is 0 Å². The van der Waals surface area contributed by atoms with E-state index in [1.807, 2.05) is 0 Å². The minimum absolute atomic E-state index is 0.0712. The van der Waals surface area contributed by atoms with Gasteiger partial charge in [-0.05, 0) is 0 Å². The van der Waals surface area contributed by atoms with Crippen LogP contribution in [0.5, 0.6) is 0 Å². The first-order valence-corrected chi connectivity index (χ1v) is 59.2. The van der Waals surface area contributed by atoms with Crippen molar-refractivity contribution in [2.45, 2.75) is 157 Å². The van der Waals surface area contributed by atoms with E-state index < -0.39 is 43.4 Å². The molecule has 538 valence electrons. The molecule has 0 N–H and O–H groups in total. The zero-order valence-electron chi connectivity index (χ0n) is 65.1. The molecule has 4 atom stereocenters. The van der Waals surface area contributed by atoms with E-state index in [0.717, 1.165) is 135 Å². The molecule has 8 aromatic carbocycles. The normalized spacial score (nSPS) is 23.9. The van der Waals surface area contributed by atoms with E-state index in [0.29, 0.717) is 0 Å². The summed E-state index contributed by atoms with van der Waals surface area (Å²) < 4.78 is 25.5. The summed E-state index contributed by atoms with van der Waals surface area (Å²) in [6.07, 6.45) is 10.2. The molecule has 2 aliphatic heterocycles. The first-order valence-electron chi connectivity index (χ1n) is 38.5. The van der Waals surface area contributed by atoms with Crippen LogP contribution in [-0.4, -0.2) is 17.6 Å². The van der Waals surface area contributed by atoms with Gasteiger partial charge in [-0.3, -0.25) is 0 Å². The van der Waals surface area contributed by atoms with Crippen LogP contribution in [0.1, 0.15) is 196 Å². The molecule has 0 saturated carbocycles. The summed E-state index contributed by atoms with van der Waals surface area (Å²) in [7, 11) is 18.0. The standard InChI is InChI=1S/2C49H48O2Si.2ClH.Hf/c2*1-30-16-26-44(50-30)42-28-40-36(32-18-22-34(23-19-32)48(3,4)5)12-10-14-38(40)46(42)52(9)47-39-15-11-13-37(33-20-24-35(25-21-33)49(6,7)8)41(39)29-43(47)45-27-17-31(2)51-45;;;/h2*10-29,52H,1-9H3;2*1H;/q;;;;+2/p-2. The van der Waals surface area contributed by atoms with Gasteiger partial charge in [-0.2, -0.15) is 0 Å². The Labute approximate surface area is 640 Å². The molecule has 18 rings (SSSR count). The summed E-state index contributed by atoms with van der Waals surface area (Å²) in [6.45, 7) is 41.3. The van der Waals surface area contributed by atoms with E-state index in [4.69, 9.17) is 17.7 Å². The van der Waals surface area contributed by atoms with Gasteiger partial charge in [-0.1, -0.05) is 0 Å². The molecule has 6 aliphatic rings. The van der Waals surface area contributed by atoms with Crippen LogP contribution in [0, 0.1) is 27.7 Å². The van der Waals surface area contributed by atoms with E-state index in [-0.39, 0.29) is 21.7 Å². The molecular weight excluding hydrogens is 1550 g/mol. The Bertz CT molecular complexity index is 5190. The van der Waals surface area contributed by atoms with Crippen LogP contribution in [0.2, 0.25) is 13.1 Å². The average molecular weight is 1640 g/mol. The van der Waals surface area contributed by atoms with Gasteiger partial charge in [-0.15, -0.1) is 0 Å². The van der Waals surface area contributed by atoms with Crippen molar-refractivity contribution >= 4 is 81.3 Å². The van der Waals surface area contributed by atoms with E-state index in [2.05, 4.69) is 367 Å². The Morgan fingerprint density at radius 1 is 0.271 bits per heavy atom. The predicted molar refractivity (Wildman–Crippen MR) is 452 cm³/mol. The molecule has 6 heterocycles. The fourth-order valence-electron chi connectivity index (χ4n) is 23.5. The molecule has 2 fully saturated rings. The van der Waals surface area contributed by atoms with Crippen LogP contribution in [0.4, 0.5) is 0 Å². The molecule has 12 aromatic rings. The van der Waals surface area contributed by atoms with Crippen molar-refractivity contribution in [3.8, 4) is 44.5 Å². The van der Waals surface area contributed by atoms with Gasteiger partial charge in [0.25, 0.3) is 0 Å². The second-order valence-electron chi connectivity index (χ2n) is 36.5. The molecule has 0 radical (unpaired) electrons. The first kappa shape index (κ1) is 70.4. The van der Waals surface area contributed by atoms with Crippen molar-refractivity contribution in [1.29, 1.82) is 0 Å². The molecule has 0 bridgehead atoms. The maximum absolute atomic E-state index is 12.1. The van der Waals surface area contributed by atoms with Crippen molar-refractivity contribution in [2.75, 3.05) is 0 Å². The zero-order valence-corrected chi connectivity index (χ0v) is 72.6. The minimum atomic E-state index is -8.86. The summed E-state index contributed by atoms with van der Waals surface area (Å²) >= 11 is -8.86. The Balaban J connectivity index is 1.12. The van der Waals surface area contributed by atoms with Crippen molar-refractivity contribution in [1.82, 2.24) is 0 Å². The third kappa shape index (κ3) is 8.34. The Kier molecular flexibility index (Phi) is 14.9. The molecule has 4 nitrogen and oxygen atoms in total. The van der Waals surface area contributed by atoms with Gasteiger partial charge < -0.3 is 0 Å². The number of benzene rings is 8. The molecule has 5 spiro atoms. The van der Waals surface area contributed by atoms with Gasteiger partial charge in [0.15, 0.2) is 0 Å². The van der Waals surface area contributed by atoms with Crippen LogP contribution < -0.4 is 0 Å². The fourth-order valence-corrected chi connectivity index (χ4v) is 189. The number of rotatable bonds is 8. The van der Waals surface area contributed by atoms with Gasteiger partial charge in [0.05, 0.1) is 0 Å². The average Bonchev–Trinajstić information content (AvgIpc) is 1.51. The van der Waals surface area contributed by atoms with Gasteiger partial charge >= 0.3 is 646 Å². The number of furan rings is 4. The fraction of sp³-hybridized carbons (Fsp3) is 0.265. The summed E-state index contributed by atoms with van der Waals surface area (Å²) in [4.78, 5) is 0. The first-order chi connectivity index (χ1) is 50.6. The maximum atomic E-state index is 12.1. The molecule has 107 heavy (non-hydrogen) atoms. The van der Waals surface area contributed by atoms with Crippen LogP contribution in [0.25, 0.3) is 91.1 Å².